The van der Waals surface area contributed by atoms with Gasteiger partial charge < -0.3 is 15.2 Å². The Balaban J connectivity index is 1.89. The van der Waals surface area contributed by atoms with Crippen LogP contribution in [0.3, 0.4) is 0 Å². The van der Waals surface area contributed by atoms with Crippen LogP contribution < -0.4 is 15.2 Å². The molecule has 1 aliphatic heterocycles. The van der Waals surface area contributed by atoms with Crippen LogP contribution in [0.25, 0.3) is 0 Å². The summed E-state index contributed by atoms with van der Waals surface area (Å²) in [7, 11) is 0. The number of pyridine rings is 1. The maximum Gasteiger partial charge on any atom is 0.162 e. The van der Waals surface area contributed by atoms with Crippen molar-refractivity contribution in [3.05, 3.63) is 42.2 Å². The van der Waals surface area contributed by atoms with E-state index < -0.39 is 0 Å². The molecular formula is C15H15N3O2S. The average Bonchev–Trinajstić information content (AvgIpc) is 2.72. The van der Waals surface area contributed by atoms with E-state index in [1.807, 2.05) is 18.2 Å². The van der Waals surface area contributed by atoms with Gasteiger partial charge >= 0.3 is 0 Å². The highest BCUT2D eigenvalue weighted by atomic mass is 32.2. The highest BCUT2D eigenvalue weighted by Crippen LogP contribution is 2.37. The first-order valence-electron chi connectivity index (χ1n) is 6.60. The first-order chi connectivity index (χ1) is 10.2. The molecule has 0 unspecified atom stereocenters. The molecule has 2 aromatic rings. The summed E-state index contributed by atoms with van der Waals surface area (Å²) in [6.45, 7) is 1.34. The van der Waals surface area contributed by atoms with E-state index in [2.05, 4.69) is 4.98 Å². The van der Waals surface area contributed by atoms with Crippen LogP contribution in [0.15, 0.2) is 46.5 Å². The molecule has 0 fully saturated rings. The molecule has 0 atom stereocenters. The first-order valence-corrected chi connectivity index (χ1v) is 7.41. The van der Waals surface area contributed by atoms with Crippen LogP contribution in [0.4, 0.5) is 0 Å². The third-order valence-corrected chi connectivity index (χ3v) is 4.06. The second kappa shape index (κ2) is 6.05. The number of ether oxygens (including phenoxy) is 2. The van der Waals surface area contributed by atoms with Crippen LogP contribution in [-0.4, -0.2) is 24.0 Å². The average molecular weight is 301 g/mol. The molecule has 0 amide bonds. The van der Waals surface area contributed by atoms with Crippen LogP contribution in [-0.2, 0) is 0 Å². The van der Waals surface area contributed by atoms with Gasteiger partial charge in [0.25, 0.3) is 0 Å². The highest BCUT2D eigenvalue weighted by molar-refractivity contribution is 7.99. The number of aromatic nitrogens is 1. The van der Waals surface area contributed by atoms with Crippen molar-refractivity contribution in [2.45, 2.75) is 16.2 Å². The number of rotatable bonds is 3. The van der Waals surface area contributed by atoms with Crippen LogP contribution in [0, 0.1) is 5.41 Å². The summed E-state index contributed by atoms with van der Waals surface area (Å²) >= 11 is 1.50. The molecule has 3 rings (SSSR count). The predicted octanol–water partition coefficient (Wildman–Crippen LogP) is 2.68. The number of nitrogens with one attached hydrogen (secondary N) is 1. The summed E-state index contributed by atoms with van der Waals surface area (Å²) in [6.07, 6.45) is 4.23. The number of hydrogen-bond acceptors (Lipinski definition) is 5. The van der Waals surface area contributed by atoms with Crippen molar-refractivity contribution in [2.75, 3.05) is 13.2 Å². The minimum atomic E-state index is 0.0363. The van der Waals surface area contributed by atoms with Gasteiger partial charge in [-0.25, -0.2) is 0 Å². The molecule has 1 aromatic carbocycles. The lowest BCUT2D eigenvalue weighted by atomic mass is 10.2. The van der Waals surface area contributed by atoms with E-state index in [0.717, 1.165) is 27.7 Å². The van der Waals surface area contributed by atoms with Gasteiger partial charge in [-0.05, 0) is 24.3 Å². The smallest absolute Gasteiger partial charge is 0.162 e. The summed E-state index contributed by atoms with van der Waals surface area (Å²) in [4.78, 5) is 5.94. The van der Waals surface area contributed by atoms with E-state index in [9.17, 15) is 0 Å². The van der Waals surface area contributed by atoms with Crippen molar-refractivity contribution in [1.29, 1.82) is 5.41 Å². The fourth-order valence-corrected chi connectivity index (χ4v) is 2.98. The number of benzene rings is 1. The second-order valence-electron chi connectivity index (χ2n) is 4.55. The van der Waals surface area contributed by atoms with E-state index in [4.69, 9.17) is 20.6 Å². The number of amidine groups is 1. The number of hydrogen-bond donors (Lipinski definition) is 2. The van der Waals surface area contributed by atoms with Gasteiger partial charge in [0.05, 0.1) is 13.2 Å². The van der Waals surface area contributed by atoms with Gasteiger partial charge in [0, 0.05) is 34.2 Å². The Bertz CT molecular complexity index is 676. The number of nitrogen functional groups attached to an aromatic ring is 1. The Morgan fingerprint density at radius 2 is 2.00 bits per heavy atom. The van der Waals surface area contributed by atoms with E-state index in [1.54, 1.807) is 18.5 Å². The molecule has 6 heteroatoms. The third kappa shape index (κ3) is 3.11. The quantitative estimate of drug-likeness (QED) is 0.673. The molecule has 108 valence electrons. The van der Waals surface area contributed by atoms with Gasteiger partial charge in [-0.2, -0.15) is 0 Å². The fourth-order valence-electron chi connectivity index (χ4n) is 2.02. The predicted molar refractivity (Wildman–Crippen MR) is 81.4 cm³/mol. The normalized spacial score (nSPS) is 13.5. The third-order valence-electron chi connectivity index (χ3n) is 3.02. The zero-order valence-corrected chi connectivity index (χ0v) is 12.2. The molecule has 0 radical (unpaired) electrons. The van der Waals surface area contributed by atoms with Crippen molar-refractivity contribution in [2.24, 2.45) is 5.73 Å². The molecular weight excluding hydrogens is 286 g/mol. The fraction of sp³-hybridized carbons (Fsp3) is 0.200. The van der Waals surface area contributed by atoms with Crippen molar-refractivity contribution in [1.82, 2.24) is 4.98 Å². The highest BCUT2D eigenvalue weighted by Gasteiger charge is 2.13. The zero-order chi connectivity index (χ0) is 14.7. The van der Waals surface area contributed by atoms with Crippen molar-refractivity contribution < 1.29 is 9.47 Å². The summed E-state index contributed by atoms with van der Waals surface area (Å²) in [5, 5.41) is 7.61. The maximum absolute atomic E-state index is 7.61. The van der Waals surface area contributed by atoms with Gasteiger partial charge in [-0.15, -0.1) is 0 Å². The second-order valence-corrected chi connectivity index (χ2v) is 5.66. The monoisotopic (exact) mass is 301 g/mol. The molecule has 0 aliphatic carbocycles. The van der Waals surface area contributed by atoms with Crippen LogP contribution in [0.1, 0.15) is 12.0 Å². The van der Waals surface area contributed by atoms with Gasteiger partial charge in [0.1, 0.15) is 5.84 Å². The lowest BCUT2D eigenvalue weighted by Gasteiger charge is -2.10. The van der Waals surface area contributed by atoms with Gasteiger partial charge in [-0.3, -0.25) is 10.4 Å². The molecule has 3 N–H and O–H groups in total. The first kappa shape index (κ1) is 13.8. The zero-order valence-electron chi connectivity index (χ0n) is 11.3. The van der Waals surface area contributed by atoms with Gasteiger partial charge in [-0.1, -0.05) is 11.8 Å². The van der Waals surface area contributed by atoms with Crippen LogP contribution in [0.2, 0.25) is 0 Å². The van der Waals surface area contributed by atoms with E-state index in [1.165, 1.54) is 11.8 Å². The minimum Gasteiger partial charge on any atom is -0.490 e. The SMILES string of the molecule is N=C(N)c1ccncc1Sc1ccc2c(c1)OCCCO2. The molecule has 0 saturated heterocycles. The van der Waals surface area contributed by atoms with Crippen LogP contribution >= 0.6 is 11.8 Å². The number of nitrogens with two attached hydrogens (primary N) is 1. The van der Waals surface area contributed by atoms with Gasteiger partial charge in [0.2, 0.25) is 0 Å². The van der Waals surface area contributed by atoms with Crippen LogP contribution in [0.5, 0.6) is 11.5 Å². The summed E-state index contributed by atoms with van der Waals surface area (Å²) in [5.74, 6) is 1.56. The van der Waals surface area contributed by atoms with Crippen molar-refractivity contribution in [3.8, 4) is 11.5 Å². The number of fused-ring (bicyclic) bond motifs is 1. The molecule has 2 heterocycles. The van der Waals surface area contributed by atoms with Gasteiger partial charge in [0.15, 0.2) is 11.5 Å². The lowest BCUT2D eigenvalue weighted by Crippen LogP contribution is -2.12. The molecule has 1 aliphatic rings. The molecule has 0 bridgehead atoms. The Morgan fingerprint density at radius 1 is 1.19 bits per heavy atom. The minimum absolute atomic E-state index is 0.0363. The Morgan fingerprint density at radius 3 is 2.81 bits per heavy atom. The number of nitrogens with zero attached hydrogens (tertiary/aromatic N) is 1. The van der Waals surface area contributed by atoms with Crippen molar-refractivity contribution in [3.63, 3.8) is 0 Å². The largest absolute Gasteiger partial charge is 0.490 e. The van der Waals surface area contributed by atoms with E-state index in [0.29, 0.717) is 18.8 Å². The summed E-state index contributed by atoms with van der Waals surface area (Å²) < 4.78 is 11.3. The lowest BCUT2D eigenvalue weighted by molar-refractivity contribution is 0.297. The Kier molecular flexibility index (Phi) is 3.96. The molecule has 0 saturated carbocycles. The maximum atomic E-state index is 7.61. The van der Waals surface area contributed by atoms with Crippen molar-refractivity contribution >= 4 is 17.6 Å². The molecule has 21 heavy (non-hydrogen) atoms. The molecule has 0 spiro atoms. The standard InChI is InChI=1S/C15H15N3O2S/c16-15(17)11-4-5-18-9-14(11)21-10-2-3-12-13(8-10)20-7-1-6-19-12/h2-5,8-9H,1,6-7H2,(H3,16,17). The Labute approximate surface area is 127 Å². The summed E-state index contributed by atoms with van der Waals surface area (Å²) in [6, 6.07) is 7.57. The van der Waals surface area contributed by atoms with E-state index in [-0.39, 0.29) is 5.84 Å². The van der Waals surface area contributed by atoms with E-state index >= 15 is 0 Å². The summed E-state index contributed by atoms with van der Waals surface area (Å²) in [5.41, 5.74) is 6.28. The Hall–Kier alpha value is -2.21. The topological polar surface area (TPSA) is 81.2 Å². The molecule has 1 aromatic heterocycles. The molecule has 5 nitrogen and oxygen atoms in total.